The van der Waals surface area contributed by atoms with Crippen molar-refractivity contribution in [2.75, 3.05) is 13.2 Å². The topological polar surface area (TPSA) is 35.5 Å². The smallest absolute Gasteiger partial charge is 0.431 e. The molecule has 0 rings (SSSR count). The second kappa shape index (κ2) is 6.31. The van der Waals surface area contributed by atoms with Crippen molar-refractivity contribution < 1.29 is 14.3 Å². The maximum Gasteiger partial charge on any atom is 0.508 e. The SMILES string of the molecule is C=CCOC(=O)OCC(Cl)Cl. The molecule has 0 fully saturated rings. The van der Waals surface area contributed by atoms with Gasteiger partial charge in [-0.1, -0.05) is 12.7 Å². The number of carbonyl (C=O) groups excluding carboxylic acids is 1. The highest BCUT2D eigenvalue weighted by atomic mass is 35.5. The number of alkyl halides is 2. The molecule has 0 aromatic rings. The standard InChI is InChI=1S/C6H8Cl2O3/c1-2-3-10-6(9)11-4-5(7)8/h2,5H,1,3-4H2. The molecule has 0 heterocycles. The molecule has 0 aromatic carbocycles. The summed E-state index contributed by atoms with van der Waals surface area (Å²) in [6, 6.07) is 0. The Balaban J connectivity index is 3.29. The van der Waals surface area contributed by atoms with Gasteiger partial charge in [-0.3, -0.25) is 0 Å². The minimum Gasteiger partial charge on any atom is -0.431 e. The van der Waals surface area contributed by atoms with Crippen LogP contribution in [0.25, 0.3) is 0 Å². The molecule has 0 aliphatic rings. The lowest BCUT2D eigenvalue weighted by molar-refractivity contribution is 0.0664. The third-order valence-electron chi connectivity index (χ3n) is 0.646. The van der Waals surface area contributed by atoms with E-state index in [0.717, 1.165) is 0 Å². The monoisotopic (exact) mass is 198 g/mol. The Morgan fingerprint density at radius 2 is 2.18 bits per heavy atom. The largest absolute Gasteiger partial charge is 0.508 e. The summed E-state index contributed by atoms with van der Waals surface area (Å²) in [7, 11) is 0. The molecule has 0 aliphatic heterocycles. The molecule has 0 saturated heterocycles. The van der Waals surface area contributed by atoms with Crippen LogP contribution in [0.4, 0.5) is 4.79 Å². The Morgan fingerprint density at radius 3 is 2.64 bits per heavy atom. The molecule has 0 amide bonds. The van der Waals surface area contributed by atoms with Gasteiger partial charge in [0, 0.05) is 0 Å². The highest BCUT2D eigenvalue weighted by molar-refractivity contribution is 6.44. The molecule has 0 aromatic heterocycles. The van der Waals surface area contributed by atoms with E-state index in [-0.39, 0.29) is 13.2 Å². The number of rotatable bonds is 4. The molecule has 0 N–H and O–H groups in total. The van der Waals surface area contributed by atoms with E-state index in [1.54, 1.807) is 0 Å². The molecule has 0 radical (unpaired) electrons. The van der Waals surface area contributed by atoms with Crippen molar-refractivity contribution in [3.8, 4) is 0 Å². The zero-order chi connectivity index (χ0) is 8.69. The van der Waals surface area contributed by atoms with Crippen LogP contribution in [-0.2, 0) is 9.47 Å². The minimum absolute atomic E-state index is 0.0703. The van der Waals surface area contributed by atoms with Crippen LogP contribution >= 0.6 is 23.2 Å². The third kappa shape index (κ3) is 7.49. The molecule has 0 spiro atoms. The molecule has 64 valence electrons. The summed E-state index contributed by atoms with van der Waals surface area (Å²) < 4.78 is 8.88. The van der Waals surface area contributed by atoms with E-state index in [1.165, 1.54) is 6.08 Å². The normalized spacial score (nSPS) is 9.36. The van der Waals surface area contributed by atoms with Crippen LogP contribution in [-0.4, -0.2) is 24.2 Å². The highest BCUT2D eigenvalue weighted by Crippen LogP contribution is 2.01. The van der Waals surface area contributed by atoms with Gasteiger partial charge >= 0.3 is 6.16 Å². The average Bonchev–Trinajstić information content (AvgIpc) is 1.97. The van der Waals surface area contributed by atoms with E-state index < -0.39 is 11.0 Å². The molecule has 5 heteroatoms. The second-order valence-corrected chi connectivity index (χ2v) is 2.83. The number of hydrogen-bond donors (Lipinski definition) is 0. The first-order valence-corrected chi connectivity index (χ1v) is 3.72. The number of ether oxygens (including phenoxy) is 2. The fourth-order valence-corrected chi connectivity index (χ4v) is 0.426. The van der Waals surface area contributed by atoms with Gasteiger partial charge < -0.3 is 9.47 Å². The van der Waals surface area contributed by atoms with Crippen LogP contribution in [0.15, 0.2) is 12.7 Å². The van der Waals surface area contributed by atoms with Crippen molar-refractivity contribution in [1.82, 2.24) is 0 Å². The summed E-state index contributed by atoms with van der Waals surface area (Å²) in [5.41, 5.74) is 0. The lowest BCUT2D eigenvalue weighted by atomic mass is 10.7. The van der Waals surface area contributed by atoms with Gasteiger partial charge in [0.25, 0.3) is 0 Å². The number of hydrogen-bond acceptors (Lipinski definition) is 3. The number of halogens is 2. The van der Waals surface area contributed by atoms with E-state index in [4.69, 9.17) is 23.2 Å². The van der Waals surface area contributed by atoms with Gasteiger partial charge in [-0.05, 0) is 0 Å². The molecule has 0 unspecified atom stereocenters. The molecule has 11 heavy (non-hydrogen) atoms. The van der Waals surface area contributed by atoms with E-state index in [9.17, 15) is 4.79 Å². The zero-order valence-corrected chi connectivity index (χ0v) is 7.27. The van der Waals surface area contributed by atoms with Crippen molar-refractivity contribution in [3.05, 3.63) is 12.7 Å². The average molecular weight is 199 g/mol. The fourth-order valence-electron chi connectivity index (χ4n) is 0.300. The highest BCUT2D eigenvalue weighted by Gasteiger charge is 2.05. The van der Waals surface area contributed by atoms with Crippen molar-refractivity contribution in [1.29, 1.82) is 0 Å². The van der Waals surface area contributed by atoms with Gasteiger partial charge in [0.1, 0.15) is 18.1 Å². The van der Waals surface area contributed by atoms with E-state index in [0.29, 0.717) is 0 Å². The molecule has 0 atom stereocenters. The second-order valence-electron chi connectivity index (χ2n) is 1.55. The minimum atomic E-state index is -0.795. The Kier molecular flexibility index (Phi) is 6.07. The summed E-state index contributed by atoms with van der Waals surface area (Å²) in [6.07, 6.45) is 0.636. The lowest BCUT2D eigenvalue weighted by Crippen LogP contribution is -2.11. The molecule has 3 nitrogen and oxygen atoms in total. The molecular weight excluding hydrogens is 191 g/mol. The summed E-state index contributed by atoms with van der Waals surface area (Å²) in [4.78, 5) is 9.78. The van der Waals surface area contributed by atoms with Crippen molar-refractivity contribution in [2.24, 2.45) is 0 Å². The zero-order valence-electron chi connectivity index (χ0n) is 5.76. The first kappa shape index (κ1) is 10.6. The lowest BCUT2D eigenvalue weighted by Gasteiger charge is -2.03. The Bertz CT molecular complexity index is 136. The van der Waals surface area contributed by atoms with E-state index in [2.05, 4.69) is 16.1 Å². The Labute approximate surface area is 74.9 Å². The summed E-state index contributed by atoms with van der Waals surface area (Å²) >= 11 is 10.5. The Morgan fingerprint density at radius 1 is 1.55 bits per heavy atom. The van der Waals surface area contributed by atoms with E-state index >= 15 is 0 Å². The maximum atomic E-state index is 10.5. The number of carbonyl (C=O) groups is 1. The predicted molar refractivity (Wildman–Crippen MR) is 43.0 cm³/mol. The summed E-state index contributed by atoms with van der Waals surface area (Å²) in [5, 5.41) is 0. The van der Waals surface area contributed by atoms with Gasteiger partial charge in [-0.25, -0.2) is 4.79 Å². The quantitative estimate of drug-likeness (QED) is 0.395. The third-order valence-corrected chi connectivity index (χ3v) is 0.898. The summed E-state index contributed by atoms with van der Waals surface area (Å²) in [6.45, 7) is 3.39. The molecule has 0 saturated carbocycles. The van der Waals surface area contributed by atoms with Crippen molar-refractivity contribution >= 4 is 29.4 Å². The maximum absolute atomic E-state index is 10.5. The van der Waals surface area contributed by atoms with Crippen LogP contribution in [0.5, 0.6) is 0 Å². The van der Waals surface area contributed by atoms with Crippen LogP contribution in [0.2, 0.25) is 0 Å². The van der Waals surface area contributed by atoms with Crippen LogP contribution in [0, 0.1) is 0 Å². The molecular formula is C6H8Cl2O3. The van der Waals surface area contributed by atoms with Gasteiger partial charge in [0.2, 0.25) is 0 Å². The van der Waals surface area contributed by atoms with Gasteiger partial charge in [0.05, 0.1) is 0 Å². The van der Waals surface area contributed by atoms with E-state index in [1.807, 2.05) is 0 Å². The Hall–Kier alpha value is -0.410. The molecule has 0 aliphatic carbocycles. The van der Waals surface area contributed by atoms with Gasteiger partial charge in [-0.15, -0.1) is 23.2 Å². The van der Waals surface area contributed by atoms with Crippen molar-refractivity contribution in [3.63, 3.8) is 0 Å². The van der Waals surface area contributed by atoms with Gasteiger partial charge in [0.15, 0.2) is 0 Å². The van der Waals surface area contributed by atoms with Crippen LogP contribution < -0.4 is 0 Å². The van der Waals surface area contributed by atoms with Crippen molar-refractivity contribution in [2.45, 2.75) is 4.84 Å². The predicted octanol–water partition coefficient (Wildman–Crippen LogP) is 2.13. The van der Waals surface area contributed by atoms with Gasteiger partial charge in [-0.2, -0.15) is 0 Å². The van der Waals surface area contributed by atoms with Crippen LogP contribution in [0.3, 0.4) is 0 Å². The first-order chi connectivity index (χ1) is 5.16. The van der Waals surface area contributed by atoms with Crippen LogP contribution in [0.1, 0.15) is 0 Å². The summed E-state index contributed by atoms with van der Waals surface area (Å²) in [5.74, 6) is 0. The first-order valence-electron chi connectivity index (χ1n) is 2.85. The fraction of sp³-hybridized carbons (Fsp3) is 0.500. The molecule has 0 bridgehead atoms.